The summed E-state index contributed by atoms with van der Waals surface area (Å²) in [5, 5.41) is 2.50. The van der Waals surface area contributed by atoms with E-state index in [0.29, 0.717) is 57.3 Å². The molecule has 0 saturated carbocycles. The number of nitrogens with two attached hydrogens (primary N) is 2. The van der Waals surface area contributed by atoms with Crippen molar-refractivity contribution in [3.05, 3.63) is 184 Å². The minimum absolute atomic E-state index is 0.000611. The smallest absolute Gasteiger partial charge is 0.399 e. The summed E-state index contributed by atoms with van der Waals surface area (Å²) < 4.78 is 154. The van der Waals surface area contributed by atoms with Gasteiger partial charge in [0.15, 0.2) is 46.0 Å². The first-order valence-electron chi connectivity index (χ1n) is 31.3. The number of hydrogen-bond donors (Lipinski definition) is 3. The molecule has 0 bridgehead atoms. The highest BCUT2D eigenvalue weighted by atomic mass is 79.9. The van der Waals surface area contributed by atoms with Gasteiger partial charge in [0.2, 0.25) is 11.8 Å². The van der Waals surface area contributed by atoms with E-state index < -0.39 is 30.4 Å². The molecule has 5 N–H and O–H groups in total. The highest BCUT2D eigenvalue weighted by Crippen LogP contribution is 2.48. The van der Waals surface area contributed by atoms with Crippen molar-refractivity contribution >= 4 is 120 Å². The zero-order chi connectivity index (χ0) is 78.9. The van der Waals surface area contributed by atoms with Crippen molar-refractivity contribution in [2.75, 3.05) is 22.1 Å². The van der Waals surface area contributed by atoms with E-state index in [9.17, 15) is 54.3 Å². The van der Waals surface area contributed by atoms with Gasteiger partial charge in [0.05, 0.1) is 32.7 Å². The van der Waals surface area contributed by atoms with E-state index in [-0.39, 0.29) is 87.4 Å². The first kappa shape index (κ1) is 83.1. The van der Waals surface area contributed by atoms with Gasteiger partial charge in [-0.3, -0.25) is 19.2 Å². The lowest BCUT2D eigenvalue weighted by atomic mass is 9.80. The molecule has 4 aromatic carbocycles. The molecule has 3 amide bonds. The largest absolute Gasteiger partial charge is 0.586 e. The molecule has 0 unspecified atom stereocenters. The number of nitrogens with one attached hydrogen (secondary N) is 1. The molecule has 107 heavy (non-hydrogen) atoms. The van der Waals surface area contributed by atoms with Crippen LogP contribution in [-0.4, -0.2) is 99.8 Å². The lowest BCUT2D eigenvalue weighted by Gasteiger charge is -2.32. The molecule has 0 atom stereocenters. The van der Waals surface area contributed by atoms with E-state index in [2.05, 4.69) is 90.2 Å². The summed E-state index contributed by atoms with van der Waals surface area (Å²) in [6.07, 6.45) is -5.21. The molecular formula is C70H65BBr2Cl3F8N9O14. The number of amides is 3. The summed E-state index contributed by atoms with van der Waals surface area (Å²) in [5.41, 5.74) is 18.4. The first-order chi connectivity index (χ1) is 50.0. The molecule has 6 aliphatic rings. The summed E-state index contributed by atoms with van der Waals surface area (Å²) in [6.45, 7) is 15.3. The Labute approximate surface area is 639 Å². The third-order valence-electron chi connectivity index (χ3n) is 15.8. The average Bonchev–Trinajstić information content (AvgIpc) is 1.64. The maximum Gasteiger partial charge on any atom is 0.586 e. The number of hydrogen-bond acceptors (Lipinski definition) is 19. The molecule has 5 aromatic heterocycles. The van der Waals surface area contributed by atoms with Crippen molar-refractivity contribution in [2.24, 2.45) is 14.1 Å². The van der Waals surface area contributed by atoms with Crippen LogP contribution in [0.15, 0.2) is 151 Å². The molecule has 23 nitrogen and oxygen atoms in total. The highest BCUT2D eigenvalue weighted by Gasteiger charge is 2.52. The van der Waals surface area contributed by atoms with Gasteiger partial charge in [-0.05, 0) is 203 Å². The third kappa shape index (κ3) is 22.1. The number of anilines is 3. The standard InChI is InChI=1S/C19H15F2N3O3.C13H10F2N2O2.C11H17BN2O2.C8H5BrF2O2.C8H6F2O2.C6H6ClNO.C4H4BrNO2.CH2Cl2/c1-11-8-15-16(27-19(20,21)26-15)9-13(11)12-5-6-17(22-10-12)23-18(25)14-4-3-7-24(14)2;1-7-4-10-11(19-13(14,15)18-10)5-9(7)8-2-3-12(16)17-6-8;1-10(2)11(3,4)16-12(15-10)8-5-6-9(13)14-7-8;1-4-2-6-7(3-5(4)9)13-8(10,11)12-6;1-5-2-3-6-7(4-5)12-8(9,10)11-6;1-8-4-2-3-5(8)6(7)9;5-6-3(7)1-2-4(6)8;2-1-3/h3-10H,1-2H3,(H,22,23,25);2-6H,1H3,(H2,16,17);5-7H,1-4H3,(H2,13,14);2-3H,1H3;2-4H,1H3;2-4H,1H3;1-2H2;1H2. The molecule has 0 spiro atoms. The maximum atomic E-state index is 13.2. The molecule has 568 valence electrons. The van der Waals surface area contributed by atoms with Crippen molar-refractivity contribution in [3.63, 3.8) is 0 Å². The molecule has 11 heterocycles. The van der Waals surface area contributed by atoms with Crippen LogP contribution in [-0.2, 0) is 33.0 Å². The molecule has 0 radical (unpaired) electrons. The number of nitrogens with zero attached hydrogens (tertiary/aromatic N) is 6. The predicted octanol–water partition coefficient (Wildman–Crippen LogP) is 16.6. The molecule has 9 aromatic rings. The second-order valence-corrected chi connectivity index (χ2v) is 27.0. The number of halogens is 13. The van der Waals surface area contributed by atoms with Crippen LogP contribution in [0.25, 0.3) is 22.3 Å². The Morgan fingerprint density at radius 3 is 1.30 bits per heavy atom. The van der Waals surface area contributed by atoms with Gasteiger partial charge in [-0.1, -0.05) is 28.1 Å². The normalized spacial score (nSPS) is 16.3. The van der Waals surface area contributed by atoms with Gasteiger partial charge >= 0.3 is 32.3 Å². The Kier molecular flexibility index (Phi) is 26.5. The number of pyridine rings is 3. The number of alkyl halides is 10. The topological polar surface area (TPSA) is 276 Å². The van der Waals surface area contributed by atoms with Gasteiger partial charge in [0.25, 0.3) is 11.1 Å². The fourth-order valence-electron chi connectivity index (χ4n) is 9.77. The van der Waals surface area contributed by atoms with Crippen LogP contribution in [0.4, 0.5) is 52.6 Å². The van der Waals surface area contributed by atoms with Crippen LogP contribution in [0, 0.1) is 27.7 Å². The lowest BCUT2D eigenvalue weighted by Crippen LogP contribution is -2.41. The first-order valence-corrected chi connectivity index (χ1v) is 34.3. The number of ether oxygens (including phenoxy) is 8. The summed E-state index contributed by atoms with van der Waals surface area (Å²) >= 11 is 20.7. The Morgan fingerprint density at radius 1 is 0.533 bits per heavy atom. The van der Waals surface area contributed by atoms with E-state index >= 15 is 0 Å². The van der Waals surface area contributed by atoms with E-state index in [1.807, 2.05) is 33.8 Å². The van der Waals surface area contributed by atoms with Gasteiger partial charge in [0, 0.05) is 79.0 Å². The SMILES string of the molecule is CC1(C)OB(c2ccc(N)nc2)OC1(C)C.Cc1cc2c(cc1-c1ccc(N)nc1)OC(F)(F)O2.Cc1cc2c(cc1-c1ccc(NC(=O)c3cccn3C)nc1)OC(F)(F)O2.Cc1cc2c(cc1Br)OC(F)(F)O2.Cc1ccc2c(c1)OC(F)(F)O2.ClCCl.Cn1cccc1C(=O)Cl.O=C1CCC(=O)N1Br. The van der Waals surface area contributed by atoms with Crippen molar-refractivity contribution in [3.8, 4) is 68.2 Å². The van der Waals surface area contributed by atoms with E-state index in [0.717, 1.165) is 42.8 Å². The lowest BCUT2D eigenvalue weighted by molar-refractivity contribution is -0.287. The van der Waals surface area contributed by atoms with Crippen molar-refractivity contribution in [1.29, 1.82) is 0 Å². The molecule has 0 aliphatic carbocycles. The zero-order valence-electron chi connectivity index (χ0n) is 58.0. The summed E-state index contributed by atoms with van der Waals surface area (Å²) in [7, 11) is 3.19. The Bertz CT molecular complexity index is 4640. The minimum atomic E-state index is -3.66. The van der Waals surface area contributed by atoms with Gasteiger partial charge in [0.1, 0.15) is 28.8 Å². The van der Waals surface area contributed by atoms with Crippen molar-refractivity contribution < 1.29 is 102 Å². The maximum absolute atomic E-state index is 13.2. The number of carbonyl (C=O) groups is 4. The predicted molar refractivity (Wildman–Crippen MR) is 388 cm³/mol. The van der Waals surface area contributed by atoms with Gasteiger partial charge in [-0.2, -0.15) is 0 Å². The number of imide groups is 1. The summed E-state index contributed by atoms with van der Waals surface area (Å²) in [5.74, 6) is 1.07. The van der Waals surface area contributed by atoms with Crippen LogP contribution in [0.3, 0.4) is 0 Å². The third-order valence-corrected chi connectivity index (χ3v) is 17.6. The number of carbonyl (C=O) groups excluding carboxylic acids is 4. The highest BCUT2D eigenvalue weighted by molar-refractivity contribution is 9.10. The van der Waals surface area contributed by atoms with Gasteiger partial charge in [-0.25, -0.2) is 18.9 Å². The molecule has 6 aliphatic heterocycles. The monoisotopic (exact) mass is 1680 g/mol. The zero-order valence-corrected chi connectivity index (χ0v) is 63.5. The second kappa shape index (κ2) is 34.1. The van der Waals surface area contributed by atoms with E-state index in [4.69, 9.17) is 55.6 Å². The molecule has 37 heteroatoms. The number of aryl methyl sites for hydroxylation is 6. The number of fused-ring (bicyclic) bond motifs is 4. The molecule has 2 fully saturated rings. The van der Waals surface area contributed by atoms with Crippen LogP contribution >= 0.6 is 66.9 Å². The fourth-order valence-corrected chi connectivity index (χ4v) is 10.6. The van der Waals surface area contributed by atoms with Crippen LogP contribution < -0.4 is 60.1 Å². The van der Waals surface area contributed by atoms with Crippen molar-refractivity contribution in [2.45, 2.75) is 105 Å². The number of rotatable bonds is 6. The van der Waals surface area contributed by atoms with Crippen molar-refractivity contribution in [1.82, 2.24) is 28.0 Å². The van der Waals surface area contributed by atoms with Crippen LogP contribution in [0.2, 0.25) is 0 Å². The van der Waals surface area contributed by atoms with E-state index in [1.54, 1.807) is 143 Å². The summed E-state index contributed by atoms with van der Waals surface area (Å²) in [4.78, 5) is 55.8. The minimum Gasteiger partial charge on any atom is -0.399 e. The number of benzene rings is 4. The average molecular weight is 1690 g/mol. The second-order valence-electron chi connectivity index (χ2n) is 24.3. The Morgan fingerprint density at radius 2 is 0.925 bits per heavy atom. The van der Waals surface area contributed by atoms with Crippen LogP contribution in [0.5, 0.6) is 46.0 Å². The molecule has 15 rings (SSSR count). The Hall–Kier alpha value is -9.58. The van der Waals surface area contributed by atoms with Gasteiger partial charge < -0.3 is 73.1 Å². The fraction of sp³-hybridized carbons (Fsp3) is 0.271. The van der Waals surface area contributed by atoms with Crippen LogP contribution in [0.1, 0.15) is 83.8 Å². The van der Waals surface area contributed by atoms with Gasteiger partial charge in [-0.15, -0.1) is 58.3 Å². The van der Waals surface area contributed by atoms with E-state index in [1.165, 1.54) is 48.5 Å². The molecule has 2 saturated heterocycles. The number of nitrogen functional groups attached to an aromatic ring is 2. The Balaban J connectivity index is 0.000000162. The quantitative estimate of drug-likeness (QED) is 0.0348. The number of aromatic nitrogens is 5. The molecular weight excluding hydrogens is 1620 g/mol. The summed E-state index contributed by atoms with van der Waals surface area (Å²) in [6, 6.07) is 31.0.